The SMILES string of the molecule is O=[N+]([O-])c1ccccc1S(=O)(=O)N1CCc2ccc(Br)cc2-c2c([nH]c3ccccc23)C1. The van der Waals surface area contributed by atoms with Crippen molar-refractivity contribution >= 4 is 42.5 Å². The van der Waals surface area contributed by atoms with E-state index in [9.17, 15) is 18.5 Å². The molecule has 7 nitrogen and oxygen atoms in total. The molecular weight excluding hydrogens is 494 g/mol. The molecule has 0 bridgehead atoms. The fourth-order valence-corrected chi connectivity index (χ4v) is 6.22. The lowest BCUT2D eigenvalue weighted by molar-refractivity contribution is -0.387. The highest BCUT2D eigenvalue weighted by Gasteiger charge is 2.33. The number of fused-ring (bicyclic) bond motifs is 5. The van der Waals surface area contributed by atoms with E-state index in [1.807, 2.05) is 36.4 Å². The molecule has 1 aromatic heterocycles. The van der Waals surface area contributed by atoms with E-state index in [1.54, 1.807) is 0 Å². The van der Waals surface area contributed by atoms with Gasteiger partial charge in [-0.05, 0) is 41.8 Å². The number of rotatable bonds is 3. The van der Waals surface area contributed by atoms with Crippen molar-refractivity contribution in [2.75, 3.05) is 6.54 Å². The Labute approximate surface area is 193 Å². The number of nitro benzene ring substituents is 1. The van der Waals surface area contributed by atoms with Gasteiger partial charge in [-0.1, -0.05) is 52.3 Å². The van der Waals surface area contributed by atoms with Gasteiger partial charge in [0.05, 0.1) is 11.5 Å². The summed E-state index contributed by atoms with van der Waals surface area (Å²) in [4.78, 5) is 13.9. The van der Waals surface area contributed by atoms with Gasteiger partial charge in [0, 0.05) is 39.2 Å². The first kappa shape index (κ1) is 20.9. The van der Waals surface area contributed by atoms with Gasteiger partial charge in [0.15, 0.2) is 4.90 Å². The minimum atomic E-state index is -4.11. The number of sulfonamides is 1. The molecule has 0 atom stereocenters. The first-order valence-corrected chi connectivity index (χ1v) is 12.2. The average Bonchev–Trinajstić information content (AvgIpc) is 3.13. The van der Waals surface area contributed by atoms with Crippen LogP contribution in [0.5, 0.6) is 0 Å². The van der Waals surface area contributed by atoms with Crippen molar-refractivity contribution in [2.45, 2.75) is 17.9 Å². The third-order valence-electron chi connectivity index (χ3n) is 5.77. The number of halogens is 1. The van der Waals surface area contributed by atoms with Crippen LogP contribution in [-0.2, 0) is 23.0 Å². The largest absolute Gasteiger partial charge is 0.357 e. The maximum absolute atomic E-state index is 13.6. The molecule has 3 aromatic carbocycles. The molecule has 5 rings (SSSR count). The maximum atomic E-state index is 13.6. The smallest absolute Gasteiger partial charge is 0.289 e. The second-order valence-electron chi connectivity index (χ2n) is 7.64. The number of nitro groups is 1. The Morgan fingerprint density at radius 1 is 1.03 bits per heavy atom. The molecule has 1 aliphatic heterocycles. The first-order valence-electron chi connectivity index (χ1n) is 9.98. The number of aromatic amines is 1. The van der Waals surface area contributed by atoms with E-state index in [0.29, 0.717) is 6.42 Å². The van der Waals surface area contributed by atoms with E-state index < -0.39 is 20.6 Å². The van der Waals surface area contributed by atoms with Crippen LogP contribution in [-0.4, -0.2) is 29.2 Å². The quantitative estimate of drug-likeness (QED) is 0.300. The maximum Gasteiger partial charge on any atom is 0.289 e. The number of nitrogens with zero attached hydrogens (tertiary/aromatic N) is 2. The van der Waals surface area contributed by atoms with Gasteiger partial charge in [-0.15, -0.1) is 0 Å². The summed E-state index contributed by atoms with van der Waals surface area (Å²) in [6.07, 6.45) is 0.488. The zero-order valence-corrected chi connectivity index (χ0v) is 19.2. The topological polar surface area (TPSA) is 96.3 Å². The normalized spacial score (nSPS) is 14.4. The molecule has 0 saturated carbocycles. The number of H-pyrrole nitrogens is 1. The summed E-state index contributed by atoms with van der Waals surface area (Å²) in [5, 5.41) is 12.5. The Bertz CT molecular complexity index is 1480. The molecule has 4 aromatic rings. The molecule has 32 heavy (non-hydrogen) atoms. The predicted molar refractivity (Wildman–Crippen MR) is 126 cm³/mol. The summed E-state index contributed by atoms with van der Waals surface area (Å²) in [5.74, 6) is 0. The summed E-state index contributed by atoms with van der Waals surface area (Å²) < 4.78 is 29.4. The van der Waals surface area contributed by atoms with Crippen LogP contribution in [0.1, 0.15) is 11.3 Å². The van der Waals surface area contributed by atoms with Crippen molar-refractivity contribution in [3.63, 3.8) is 0 Å². The molecule has 0 aliphatic carbocycles. The van der Waals surface area contributed by atoms with Gasteiger partial charge in [-0.2, -0.15) is 4.31 Å². The lowest BCUT2D eigenvalue weighted by Gasteiger charge is -2.25. The van der Waals surface area contributed by atoms with Gasteiger partial charge in [0.2, 0.25) is 10.0 Å². The van der Waals surface area contributed by atoms with Gasteiger partial charge in [-0.3, -0.25) is 10.1 Å². The minimum Gasteiger partial charge on any atom is -0.357 e. The van der Waals surface area contributed by atoms with E-state index in [4.69, 9.17) is 0 Å². The van der Waals surface area contributed by atoms with Crippen molar-refractivity contribution in [1.29, 1.82) is 0 Å². The second kappa shape index (κ2) is 7.84. The Kier molecular flexibility index (Phi) is 5.11. The standard InChI is InChI=1S/C23H18BrN3O4S/c24-16-10-9-15-11-12-26(32(30,31)22-8-4-3-7-21(22)27(28)29)14-20-23(18(15)13-16)17-5-1-2-6-19(17)25-20/h1-10,13,25H,11-12,14H2. The second-order valence-corrected chi connectivity index (χ2v) is 10.5. The highest BCUT2D eigenvalue weighted by molar-refractivity contribution is 9.10. The van der Waals surface area contributed by atoms with E-state index in [0.717, 1.165) is 37.8 Å². The summed E-state index contributed by atoms with van der Waals surface area (Å²) in [7, 11) is -4.11. The number of benzene rings is 3. The molecule has 0 saturated heterocycles. The van der Waals surface area contributed by atoms with Crippen molar-refractivity contribution < 1.29 is 13.3 Å². The van der Waals surface area contributed by atoms with Gasteiger partial charge in [-0.25, -0.2) is 8.42 Å². The van der Waals surface area contributed by atoms with Crippen molar-refractivity contribution in [2.24, 2.45) is 0 Å². The minimum absolute atomic E-state index is 0.0876. The van der Waals surface area contributed by atoms with Crippen LogP contribution >= 0.6 is 15.9 Å². The number of hydrogen-bond donors (Lipinski definition) is 1. The Morgan fingerprint density at radius 3 is 2.59 bits per heavy atom. The molecule has 0 unspecified atom stereocenters. The van der Waals surface area contributed by atoms with Crippen molar-refractivity contribution in [3.8, 4) is 11.1 Å². The summed E-state index contributed by atoms with van der Waals surface area (Å²) in [6, 6.07) is 19.3. The van der Waals surface area contributed by atoms with E-state index in [-0.39, 0.29) is 18.0 Å². The molecule has 0 spiro atoms. The van der Waals surface area contributed by atoms with Crippen LogP contribution in [0.25, 0.3) is 22.0 Å². The van der Waals surface area contributed by atoms with Crippen molar-refractivity contribution in [3.05, 3.63) is 92.6 Å². The number of nitrogens with one attached hydrogen (secondary N) is 1. The van der Waals surface area contributed by atoms with E-state index in [1.165, 1.54) is 28.6 Å². The summed E-state index contributed by atoms with van der Waals surface area (Å²) >= 11 is 3.55. The van der Waals surface area contributed by atoms with E-state index in [2.05, 4.69) is 27.0 Å². The van der Waals surface area contributed by atoms with Crippen molar-refractivity contribution in [1.82, 2.24) is 9.29 Å². The monoisotopic (exact) mass is 511 g/mol. The zero-order chi connectivity index (χ0) is 22.5. The molecule has 0 radical (unpaired) electrons. The lowest BCUT2D eigenvalue weighted by atomic mass is 9.94. The molecule has 0 amide bonds. The first-order chi connectivity index (χ1) is 15.4. The highest BCUT2D eigenvalue weighted by Crippen LogP contribution is 2.39. The molecule has 9 heteroatoms. The molecule has 0 fully saturated rings. The lowest BCUT2D eigenvalue weighted by Crippen LogP contribution is -2.34. The van der Waals surface area contributed by atoms with Gasteiger partial charge in [0.1, 0.15) is 0 Å². The number of hydrogen-bond acceptors (Lipinski definition) is 4. The zero-order valence-electron chi connectivity index (χ0n) is 16.8. The number of para-hydroxylation sites is 2. The highest BCUT2D eigenvalue weighted by atomic mass is 79.9. The van der Waals surface area contributed by atoms with Crippen LogP contribution in [0.2, 0.25) is 0 Å². The Balaban J connectivity index is 1.70. The van der Waals surface area contributed by atoms with E-state index >= 15 is 0 Å². The molecule has 162 valence electrons. The molecule has 2 heterocycles. The molecule has 1 N–H and O–H groups in total. The number of aromatic nitrogens is 1. The van der Waals surface area contributed by atoms with Crippen LogP contribution in [0.15, 0.2) is 76.1 Å². The Hall–Kier alpha value is -3.01. The van der Waals surface area contributed by atoms with Crippen LogP contribution in [0.3, 0.4) is 0 Å². The molecule has 1 aliphatic rings. The van der Waals surface area contributed by atoms with Gasteiger partial charge >= 0.3 is 0 Å². The summed E-state index contributed by atoms with van der Waals surface area (Å²) in [6.45, 7) is 0.294. The average molecular weight is 512 g/mol. The fourth-order valence-electron chi connectivity index (χ4n) is 4.29. The third kappa shape index (κ3) is 3.42. The third-order valence-corrected chi connectivity index (χ3v) is 8.16. The van der Waals surface area contributed by atoms with Crippen LogP contribution in [0, 0.1) is 10.1 Å². The predicted octanol–water partition coefficient (Wildman–Crippen LogP) is 5.25. The van der Waals surface area contributed by atoms with Gasteiger partial charge in [0.25, 0.3) is 5.69 Å². The van der Waals surface area contributed by atoms with Crippen LogP contribution < -0.4 is 0 Å². The summed E-state index contributed by atoms with van der Waals surface area (Å²) in [5.41, 5.74) is 4.27. The van der Waals surface area contributed by atoms with Crippen LogP contribution in [0.4, 0.5) is 5.69 Å². The van der Waals surface area contributed by atoms with Gasteiger partial charge < -0.3 is 4.98 Å². The fraction of sp³-hybridized carbons (Fsp3) is 0.130. The Morgan fingerprint density at radius 2 is 1.78 bits per heavy atom. The molecular formula is C23H18BrN3O4S.